The highest BCUT2D eigenvalue weighted by Crippen LogP contribution is 2.42. The predicted molar refractivity (Wildman–Crippen MR) is 198 cm³/mol. The second kappa shape index (κ2) is 11.6. The number of aryl methyl sites for hydroxylation is 1. The SMILES string of the molecule is [2H]c1c([2H])c([2H])c(N(c2ccc3c(c2)Oc2cc(C([2H])([2H])[2H])cc4c2B3c2ccc(N(c3c([2H])c([2H])c([2H])c([2H])c3[2H])c3c([2H])c([2H])c([2H])c([2H])c3[2H])cc2O4)c2c([2H])c([2H])c([2H])c([2H])c2[2H])c([2H])c1[2H]. The molecule has 48 heavy (non-hydrogen) atoms. The summed E-state index contributed by atoms with van der Waals surface area (Å²) in [6.07, 6.45) is 0. The van der Waals surface area contributed by atoms with E-state index in [4.69, 9.17) is 41.0 Å². The molecule has 0 aliphatic carbocycles. The zero-order valence-corrected chi connectivity index (χ0v) is 24.4. The molecule has 0 amide bonds. The molecule has 0 fully saturated rings. The van der Waals surface area contributed by atoms with Crippen LogP contribution in [-0.4, -0.2) is 6.71 Å². The number of para-hydroxylation sites is 4. The number of nitrogens with zero attached hydrogens (tertiary/aromatic N) is 2. The third-order valence-electron chi connectivity index (χ3n) is 7.81. The van der Waals surface area contributed by atoms with E-state index in [1.807, 2.05) is 0 Å². The lowest BCUT2D eigenvalue weighted by molar-refractivity contribution is 0.464. The molecule has 0 aromatic heterocycles. The van der Waals surface area contributed by atoms with Gasteiger partial charge in [-0.2, -0.15) is 0 Å². The Labute approximate surface area is 313 Å². The quantitative estimate of drug-likeness (QED) is 0.169. The van der Waals surface area contributed by atoms with Crippen molar-refractivity contribution >= 4 is 57.2 Å². The highest BCUT2D eigenvalue weighted by Gasteiger charge is 2.40. The minimum Gasteiger partial charge on any atom is -0.458 e. The van der Waals surface area contributed by atoms with Crippen LogP contribution in [0.2, 0.25) is 0 Å². The molecule has 2 aliphatic rings. The first-order chi connectivity index (χ1) is 33.2. The fourth-order valence-electron chi connectivity index (χ4n) is 5.91. The van der Waals surface area contributed by atoms with Gasteiger partial charge in [0.2, 0.25) is 0 Å². The van der Waals surface area contributed by atoms with Gasteiger partial charge in [-0.25, -0.2) is 0 Å². The first-order valence-corrected chi connectivity index (χ1v) is 14.4. The van der Waals surface area contributed by atoms with Crippen molar-refractivity contribution in [2.24, 2.45) is 0 Å². The van der Waals surface area contributed by atoms with E-state index in [0.29, 0.717) is 16.4 Å². The van der Waals surface area contributed by atoms with E-state index in [9.17, 15) is 0 Å². The van der Waals surface area contributed by atoms with Crippen molar-refractivity contribution in [1.82, 2.24) is 0 Å². The van der Waals surface area contributed by atoms with Gasteiger partial charge in [0.05, 0.1) is 27.4 Å². The summed E-state index contributed by atoms with van der Waals surface area (Å²) in [7, 11) is 0. The summed E-state index contributed by atoms with van der Waals surface area (Å²) in [5.41, 5.74) is -1.81. The van der Waals surface area contributed by atoms with Gasteiger partial charge in [-0.05, 0) is 95.9 Å². The highest BCUT2D eigenvalue weighted by molar-refractivity contribution is 6.98. The largest absolute Gasteiger partial charge is 0.458 e. The maximum Gasteiger partial charge on any atom is 0.260 e. The summed E-state index contributed by atoms with van der Waals surface area (Å²) >= 11 is 0. The first-order valence-electron chi connectivity index (χ1n) is 25.9. The van der Waals surface area contributed by atoms with Gasteiger partial charge in [0, 0.05) is 55.8 Å². The van der Waals surface area contributed by atoms with Crippen LogP contribution in [0.3, 0.4) is 0 Å². The lowest BCUT2D eigenvalue weighted by Crippen LogP contribution is -2.57. The average molecular weight is 642 g/mol. The predicted octanol–water partition coefficient (Wildman–Crippen LogP) is 9.66. The van der Waals surface area contributed by atoms with Gasteiger partial charge in [0.15, 0.2) is 0 Å². The fourth-order valence-corrected chi connectivity index (χ4v) is 5.91. The standard InChI is InChI=1S/C43H31BN2O2/c1-30-26-41-43-42(27-30)48-40-29-36(46(33-18-10-4-11-19-33)34-20-12-5-13-21-34)23-25-38(40)44(43)37-24-22-35(28-39(37)47-41)45(31-14-6-2-7-15-31)32-16-8-3-9-17-32/h2-29H,1H3/i1D3,2D,3D,4D,5D,6D,7D,8D,9D,10D,11D,12D,13D,14D,15D,16D,17D,18D,19D,20D,21D. The molecule has 2 aliphatic heterocycles. The molecule has 7 aromatic carbocycles. The van der Waals surface area contributed by atoms with Crippen LogP contribution >= 0.6 is 0 Å². The summed E-state index contributed by atoms with van der Waals surface area (Å²) in [6.45, 7) is -3.69. The number of fused-ring (bicyclic) bond motifs is 4. The number of benzene rings is 7. The molecule has 0 radical (unpaired) electrons. The van der Waals surface area contributed by atoms with Gasteiger partial charge in [0.25, 0.3) is 6.71 Å². The van der Waals surface area contributed by atoms with E-state index >= 15 is 0 Å². The van der Waals surface area contributed by atoms with Gasteiger partial charge in [0.1, 0.15) is 23.0 Å². The molecular formula is C43H31BN2O2. The summed E-state index contributed by atoms with van der Waals surface area (Å²) in [5, 5.41) is 0. The Balaban J connectivity index is 1.31. The first kappa shape index (κ1) is 13.1. The molecular weight excluding hydrogens is 587 g/mol. The monoisotopic (exact) mass is 641 g/mol. The molecule has 228 valence electrons. The Hall–Kier alpha value is -6.20. The number of ether oxygens (including phenoxy) is 2. The molecule has 0 unspecified atom stereocenters. The zero-order chi connectivity index (χ0) is 51.9. The van der Waals surface area contributed by atoms with Crippen molar-refractivity contribution in [2.75, 3.05) is 9.80 Å². The number of rotatable bonds is 6. The highest BCUT2D eigenvalue weighted by atomic mass is 16.5. The molecule has 2 heterocycles. The van der Waals surface area contributed by atoms with E-state index in [0.717, 1.165) is 9.80 Å². The third-order valence-corrected chi connectivity index (χ3v) is 7.81. The Morgan fingerprint density at radius 1 is 0.458 bits per heavy atom. The van der Waals surface area contributed by atoms with Crippen LogP contribution < -0.4 is 35.7 Å². The molecule has 0 bridgehead atoms. The van der Waals surface area contributed by atoms with Gasteiger partial charge >= 0.3 is 0 Å². The van der Waals surface area contributed by atoms with E-state index in [1.54, 1.807) is 0 Å². The lowest BCUT2D eigenvalue weighted by atomic mass is 9.35. The third kappa shape index (κ3) is 4.80. The minimum absolute atomic E-state index is 0.0322. The normalized spacial score (nSPS) is 19.2. The average Bonchev–Trinajstić information content (AvgIpc) is 3.34. The van der Waals surface area contributed by atoms with Crippen LogP contribution in [0.1, 0.15) is 37.1 Å². The molecule has 9 rings (SSSR count). The van der Waals surface area contributed by atoms with Crippen molar-refractivity contribution in [1.29, 1.82) is 0 Å². The van der Waals surface area contributed by atoms with Crippen LogP contribution in [0.4, 0.5) is 34.1 Å². The number of hydrogen-bond acceptors (Lipinski definition) is 4. The van der Waals surface area contributed by atoms with Crippen LogP contribution in [-0.2, 0) is 0 Å². The zero-order valence-electron chi connectivity index (χ0n) is 47.4. The smallest absolute Gasteiger partial charge is 0.260 e. The summed E-state index contributed by atoms with van der Waals surface area (Å²) in [4.78, 5) is 1.86. The Morgan fingerprint density at radius 3 is 1.19 bits per heavy atom. The van der Waals surface area contributed by atoms with Crippen LogP contribution in [0.15, 0.2) is 169 Å². The lowest BCUT2D eigenvalue weighted by Gasteiger charge is -2.35. The minimum atomic E-state index is -2.77. The van der Waals surface area contributed by atoms with E-state index in [2.05, 4.69) is 0 Å². The Morgan fingerprint density at radius 2 is 0.833 bits per heavy atom. The van der Waals surface area contributed by atoms with Crippen molar-refractivity contribution < 1.29 is 41.0 Å². The van der Waals surface area contributed by atoms with Crippen molar-refractivity contribution in [3.05, 3.63) is 175 Å². The molecule has 7 aromatic rings. The maximum absolute atomic E-state index is 8.90. The van der Waals surface area contributed by atoms with E-state index < -0.39 is 157 Å². The Kier molecular flexibility index (Phi) is 3.16. The van der Waals surface area contributed by atoms with E-state index in [1.165, 1.54) is 48.5 Å². The fraction of sp³-hybridized carbons (Fsp3) is 0.0233. The number of anilines is 6. The van der Waals surface area contributed by atoms with Gasteiger partial charge in [-0.15, -0.1) is 0 Å². The molecule has 0 saturated carbocycles. The van der Waals surface area contributed by atoms with Crippen molar-refractivity contribution in [3.8, 4) is 23.0 Å². The second-order valence-electron chi connectivity index (χ2n) is 10.5. The summed E-state index contributed by atoms with van der Waals surface area (Å²) in [6, 6.07) is -4.66. The van der Waals surface area contributed by atoms with Crippen LogP contribution in [0.5, 0.6) is 23.0 Å². The van der Waals surface area contributed by atoms with Crippen molar-refractivity contribution in [3.63, 3.8) is 0 Å². The van der Waals surface area contributed by atoms with Gasteiger partial charge < -0.3 is 19.3 Å². The molecule has 5 heteroatoms. The summed E-state index contributed by atoms with van der Waals surface area (Å²) < 4.78 is 210. The maximum atomic E-state index is 8.90. The summed E-state index contributed by atoms with van der Waals surface area (Å²) in [5.74, 6) is -0.129. The second-order valence-corrected chi connectivity index (χ2v) is 10.5. The topological polar surface area (TPSA) is 24.9 Å². The molecule has 0 saturated heterocycles. The van der Waals surface area contributed by atoms with Crippen molar-refractivity contribution in [2.45, 2.75) is 6.85 Å². The van der Waals surface area contributed by atoms with Crippen LogP contribution in [0, 0.1) is 6.85 Å². The Bertz CT molecular complexity index is 3060. The molecule has 0 N–H and O–H groups in total. The van der Waals surface area contributed by atoms with E-state index in [-0.39, 0.29) is 39.9 Å². The molecule has 4 nitrogen and oxygen atoms in total. The van der Waals surface area contributed by atoms with Gasteiger partial charge in [-0.1, -0.05) is 84.6 Å². The van der Waals surface area contributed by atoms with Gasteiger partial charge in [-0.3, -0.25) is 0 Å². The molecule has 0 spiro atoms. The molecule has 0 atom stereocenters. The van der Waals surface area contributed by atoms with Crippen LogP contribution in [0.25, 0.3) is 0 Å². The number of hydrogen-bond donors (Lipinski definition) is 0.